The van der Waals surface area contributed by atoms with Crippen LogP contribution < -0.4 is 15.1 Å². The number of rotatable bonds is 6. The van der Waals surface area contributed by atoms with Gasteiger partial charge in [-0.1, -0.05) is 56.3 Å². The summed E-state index contributed by atoms with van der Waals surface area (Å²) in [4.78, 5) is 15.2. The Hall–Kier alpha value is -2.17. The smallest absolute Gasteiger partial charge is 0.279 e. The van der Waals surface area contributed by atoms with Crippen molar-refractivity contribution in [2.24, 2.45) is 0 Å². The minimum Gasteiger partial charge on any atom is -0.322 e. The molecular weight excluding hydrogens is 322 g/mol. The second kappa shape index (κ2) is 8.97. The van der Waals surface area contributed by atoms with Gasteiger partial charge in [-0.25, -0.2) is 0 Å². The summed E-state index contributed by atoms with van der Waals surface area (Å²) in [5.74, 6) is 0.699. The Morgan fingerprint density at radius 2 is 1.54 bits per heavy atom. The van der Waals surface area contributed by atoms with Gasteiger partial charge in [-0.2, -0.15) is 0 Å². The van der Waals surface area contributed by atoms with E-state index in [0.29, 0.717) is 12.5 Å². The van der Waals surface area contributed by atoms with Gasteiger partial charge in [0.1, 0.15) is 32.7 Å². The van der Waals surface area contributed by atoms with Crippen LogP contribution in [-0.2, 0) is 11.3 Å². The molecule has 0 spiro atoms. The Balaban J connectivity index is 1.41. The van der Waals surface area contributed by atoms with Gasteiger partial charge < -0.3 is 15.1 Å². The van der Waals surface area contributed by atoms with E-state index < -0.39 is 0 Å². The number of carbonyl (C=O) groups is 1. The van der Waals surface area contributed by atoms with Crippen molar-refractivity contribution < 1.29 is 14.6 Å². The van der Waals surface area contributed by atoms with E-state index in [9.17, 15) is 4.79 Å². The molecule has 138 valence electrons. The molecule has 1 amide bonds. The summed E-state index contributed by atoms with van der Waals surface area (Å²) in [5, 5.41) is 2.99. The number of piperazine rings is 1. The number of benzene rings is 2. The monoisotopic (exact) mass is 353 g/mol. The van der Waals surface area contributed by atoms with E-state index in [4.69, 9.17) is 0 Å². The normalized spacial score (nSPS) is 20.1. The number of hydrogen-bond acceptors (Lipinski definition) is 1. The molecule has 4 nitrogen and oxygen atoms in total. The maximum Gasteiger partial charge on any atom is 0.279 e. The lowest BCUT2D eigenvalue weighted by atomic mass is 10.0. The van der Waals surface area contributed by atoms with Crippen LogP contribution in [-0.4, -0.2) is 38.6 Å². The predicted octanol–water partition coefficient (Wildman–Crippen LogP) is 0.732. The summed E-state index contributed by atoms with van der Waals surface area (Å²) in [7, 11) is 0. The molecule has 0 unspecified atom stereocenters. The molecule has 4 heteroatoms. The fourth-order valence-electron chi connectivity index (χ4n) is 3.57. The average molecular weight is 354 g/mol. The molecule has 1 fully saturated rings. The third kappa shape index (κ3) is 5.41. The Labute approximate surface area is 156 Å². The van der Waals surface area contributed by atoms with Gasteiger partial charge >= 0.3 is 0 Å². The lowest BCUT2D eigenvalue weighted by Crippen LogP contribution is -3.28. The van der Waals surface area contributed by atoms with Crippen LogP contribution in [0.15, 0.2) is 54.6 Å². The van der Waals surface area contributed by atoms with Crippen LogP contribution in [0.4, 0.5) is 5.69 Å². The summed E-state index contributed by atoms with van der Waals surface area (Å²) < 4.78 is 0. The van der Waals surface area contributed by atoms with Crippen molar-refractivity contribution in [3.63, 3.8) is 0 Å². The molecule has 0 aliphatic carbocycles. The SMILES string of the molecule is CC(C)c1ccc(C[NH+]2CC[NH+](CC(=O)Nc3ccccc3)CC2)cc1. The van der Waals surface area contributed by atoms with Crippen molar-refractivity contribution in [3.05, 3.63) is 65.7 Å². The zero-order valence-electron chi connectivity index (χ0n) is 15.9. The first-order valence-corrected chi connectivity index (χ1v) is 9.71. The van der Waals surface area contributed by atoms with E-state index >= 15 is 0 Å². The molecule has 0 aromatic heterocycles. The molecule has 2 aromatic carbocycles. The first kappa shape index (κ1) is 18.6. The molecule has 0 saturated carbocycles. The second-order valence-corrected chi connectivity index (χ2v) is 7.66. The Bertz CT molecular complexity index is 689. The van der Waals surface area contributed by atoms with Crippen LogP contribution >= 0.6 is 0 Å². The summed E-state index contributed by atoms with van der Waals surface area (Å²) in [5.41, 5.74) is 3.70. The van der Waals surface area contributed by atoms with E-state index in [2.05, 4.69) is 43.4 Å². The second-order valence-electron chi connectivity index (χ2n) is 7.66. The average Bonchev–Trinajstić information content (AvgIpc) is 2.64. The minimum absolute atomic E-state index is 0.110. The summed E-state index contributed by atoms with van der Waals surface area (Å²) in [6.07, 6.45) is 0. The summed E-state index contributed by atoms with van der Waals surface area (Å²) in [6.45, 7) is 10.5. The minimum atomic E-state index is 0.110. The molecule has 3 rings (SSSR count). The fourth-order valence-corrected chi connectivity index (χ4v) is 3.57. The van der Waals surface area contributed by atoms with Crippen LogP contribution in [0.5, 0.6) is 0 Å². The molecule has 1 saturated heterocycles. The highest BCUT2D eigenvalue weighted by molar-refractivity contribution is 5.91. The van der Waals surface area contributed by atoms with Gasteiger partial charge in [-0.3, -0.25) is 4.79 Å². The summed E-state index contributed by atoms with van der Waals surface area (Å²) in [6, 6.07) is 18.8. The quantitative estimate of drug-likeness (QED) is 0.704. The van der Waals surface area contributed by atoms with Crippen molar-refractivity contribution in [1.29, 1.82) is 0 Å². The lowest BCUT2D eigenvalue weighted by molar-refractivity contribution is -1.02. The molecule has 0 atom stereocenters. The molecule has 1 aliphatic heterocycles. The Morgan fingerprint density at radius 1 is 0.923 bits per heavy atom. The van der Waals surface area contributed by atoms with E-state index in [-0.39, 0.29) is 5.91 Å². The highest BCUT2D eigenvalue weighted by Gasteiger charge is 2.24. The number of anilines is 1. The van der Waals surface area contributed by atoms with E-state index in [1.807, 2.05) is 30.3 Å². The molecule has 1 aliphatic rings. The number of amides is 1. The molecule has 0 radical (unpaired) electrons. The Morgan fingerprint density at radius 3 is 2.15 bits per heavy atom. The number of quaternary nitrogens is 2. The maximum absolute atomic E-state index is 12.2. The third-order valence-electron chi connectivity index (χ3n) is 5.23. The molecular formula is C22H31N3O+2. The fraction of sp³-hybridized carbons (Fsp3) is 0.409. The lowest BCUT2D eigenvalue weighted by Gasteiger charge is -2.29. The van der Waals surface area contributed by atoms with Gasteiger partial charge in [0.05, 0.1) is 0 Å². The van der Waals surface area contributed by atoms with Crippen molar-refractivity contribution >= 4 is 11.6 Å². The number of nitrogens with one attached hydrogen (secondary N) is 3. The predicted molar refractivity (Wildman–Crippen MR) is 106 cm³/mol. The van der Waals surface area contributed by atoms with Crippen LogP contribution in [0, 0.1) is 0 Å². The Kier molecular flexibility index (Phi) is 6.42. The highest BCUT2D eigenvalue weighted by atomic mass is 16.2. The summed E-state index contributed by atoms with van der Waals surface area (Å²) >= 11 is 0. The largest absolute Gasteiger partial charge is 0.322 e. The first-order valence-electron chi connectivity index (χ1n) is 9.71. The van der Waals surface area contributed by atoms with Gasteiger partial charge in [-0.15, -0.1) is 0 Å². The molecule has 1 heterocycles. The third-order valence-corrected chi connectivity index (χ3v) is 5.23. The van der Waals surface area contributed by atoms with Crippen molar-refractivity contribution in [2.75, 3.05) is 38.0 Å². The topological polar surface area (TPSA) is 38.0 Å². The number of carbonyl (C=O) groups excluding carboxylic acids is 1. The molecule has 3 N–H and O–H groups in total. The number of hydrogen-bond donors (Lipinski definition) is 3. The van der Waals surface area contributed by atoms with Crippen LogP contribution in [0.2, 0.25) is 0 Å². The molecule has 26 heavy (non-hydrogen) atoms. The van der Waals surface area contributed by atoms with Gasteiger partial charge in [0.25, 0.3) is 5.91 Å². The highest BCUT2D eigenvalue weighted by Crippen LogP contribution is 2.14. The van der Waals surface area contributed by atoms with Crippen LogP contribution in [0.3, 0.4) is 0 Å². The molecule has 0 bridgehead atoms. The maximum atomic E-state index is 12.2. The van der Waals surface area contributed by atoms with E-state index in [1.165, 1.54) is 16.0 Å². The first-order chi connectivity index (χ1) is 12.6. The standard InChI is InChI=1S/C22H29N3O/c1-18(2)20-10-8-19(9-11-20)16-24-12-14-25(15-13-24)17-22(26)23-21-6-4-3-5-7-21/h3-11,18H,12-17H2,1-2H3,(H,23,26)/p+2. The van der Waals surface area contributed by atoms with Crippen LogP contribution in [0.25, 0.3) is 0 Å². The van der Waals surface area contributed by atoms with Crippen molar-refractivity contribution in [1.82, 2.24) is 0 Å². The van der Waals surface area contributed by atoms with E-state index in [1.54, 1.807) is 4.90 Å². The van der Waals surface area contributed by atoms with Gasteiger partial charge in [0.15, 0.2) is 6.54 Å². The van der Waals surface area contributed by atoms with Crippen molar-refractivity contribution in [2.45, 2.75) is 26.3 Å². The van der Waals surface area contributed by atoms with Gasteiger partial charge in [0, 0.05) is 11.3 Å². The zero-order valence-corrected chi connectivity index (χ0v) is 15.9. The van der Waals surface area contributed by atoms with Gasteiger partial charge in [-0.05, 0) is 23.6 Å². The number of para-hydroxylation sites is 1. The van der Waals surface area contributed by atoms with Gasteiger partial charge in [0.2, 0.25) is 0 Å². The van der Waals surface area contributed by atoms with E-state index in [0.717, 1.165) is 38.4 Å². The zero-order chi connectivity index (χ0) is 18.4. The van der Waals surface area contributed by atoms with Crippen molar-refractivity contribution in [3.8, 4) is 0 Å². The molecule has 2 aromatic rings. The van der Waals surface area contributed by atoms with Crippen LogP contribution in [0.1, 0.15) is 30.9 Å².